The molecule has 0 radical (unpaired) electrons. The third-order valence-corrected chi connectivity index (χ3v) is 3.08. The fraction of sp³-hybridized carbons (Fsp3) is 0.188. The Kier molecular flexibility index (Phi) is 4.03. The number of benzene rings is 2. The monoisotopic (exact) mass is 272 g/mol. The molecule has 3 N–H and O–H groups in total. The van der Waals surface area contributed by atoms with Crippen LogP contribution in [0.15, 0.2) is 36.4 Å². The molecule has 2 rings (SSSR count). The SMILES string of the molecule is Cc1ccc(OCc2ccc(C(=N)N)cc2F)c(C)c1. The molecule has 0 heterocycles. The Morgan fingerprint density at radius 2 is 1.95 bits per heavy atom. The molecule has 0 saturated carbocycles. The number of ether oxygens (including phenoxy) is 1. The molecule has 0 aliphatic rings. The molecule has 0 spiro atoms. The number of nitrogen functional groups attached to an aromatic ring is 1. The second-order valence-corrected chi connectivity index (χ2v) is 4.78. The predicted octanol–water partition coefficient (Wildman–Crippen LogP) is 3.31. The van der Waals surface area contributed by atoms with E-state index in [2.05, 4.69) is 0 Å². The predicted molar refractivity (Wildman–Crippen MR) is 77.7 cm³/mol. The van der Waals surface area contributed by atoms with E-state index < -0.39 is 5.82 Å². The molecule has 0 amide bonds. The Balaban J connectivity index is 2.13. The van der Waals surface area contributed by atoms with Gasteiger partial charge in [-0.1, -0.05) is 29.8 Å². The van der Waals surface area contributed by atoms with Crippen LogP contribution in [-0.4, -0.2) is 5.84 Å². The van der Waals surface area contributed by atoms with Gasteiger partial charge >= 0.3 is 0 Å². The van der Waals surface area contributed by atoms with Gasteiger partial charge in [-0.05, 0) is 31.5 Å². The summed E-state index contributed by atoms with van der Waals surface area (Å²) in [7, 11) is 0. The van der Waals surface area contributed by atoms with E-state index in [1.54, 1.807) is 12.1 Å². The molecule has 0 unspecified atom stereocenters. The second kappa shape index (κ2) is 5.74. The average molecular weight is 272 g/mol. The molecule has 0 atom stereocenters. The van der Waals surface area contributed by atoms with E-state index in [9.17, 15) is 4.39 Å². The van der Waals surface area contributed by atoms with Crippen molar-refractivity contribution in [3.63, 3.8) is 0 Å². The lowest BCUT2D eigenvalue weighted by molar-refractivity contribution is 0.298. The number of hydrogen-bond acceptors (Lipinski definition) is 2. The molecule has 0 aliphatic heterocycles. The van der Waals surface area contributed by atoms with Crippen molar-refractivity contribution >= 4 is 5.84 Å². The van der Waals surface area contributed by atoms with Crippen LogP contribution in [-0.2, 0) is 6.61 Å². The summed E-state index contributed by atoms with van der Waals surface area (Å²) < 4.78 is 19.5. The Morgan fingerprint density at radius 3 is 2.55 bits per heavy atom. The molecule has 2 aromatic rings. The van der Waals surface area contributed by atoms with Gasteiger partial charge in [-0.2, -0.15) is 0 Å². The average Bonchev–Trinajstić information content (AvgIpc) is 2.38. The molecular weight excluding hydrogens is 255 g/mol. The summed E-state index contributed by atoms with van der Waals surface area (Å²) >= 11 is 0. The van der Waals surface area contributed by atoms with Gasteiger partial charge in [0.15, 0.2) is 0 Å². The zero-order valence-corrected chi connectivity index (χ0v) is 11.5. The first-order valence-electron chi connectivity index (χ1n) is 6.30. The summed E-state index contributed by atoms with van der Waals surface area (Å²) in [4.78, 5) is 0. The molecule has 3 nitrogen and oxygen atoms in total. The summed E-state index contributed by atoms with van der Waals surface area (Å²) in [5.41, 5.74) is 8.31. The number of aryl methyl sites for hydroxylation is 2. The van der Waals surface area contributed by atoms with Crippen LogP contribution in [0.5, 0.6) is 5.75 Å². The molecule has 0 fully saturated rings. The largest absolute Gasteiger partial charge is 0.489 e. The summed E-state index contributed by atoms with van der Waals surface area (Å²) in [6, 6.07) is 10.3. The number of nitrogens with two attached hydrogens (primary N) is 1. The van der Waals surface area contributed by atoms with Crippen molar-refractivity contribution in [1.82, 2.24) is 0 Å². The molecular formula is C16H17FN2O. The Morgan fingerprint density at radius 1 is 1.20 bits per heavy atom. The molecule has 4 heteroatoms. The highest BCUT2D eigenvalue weighted by molar-refractivity contribution is 5.94. The third kappa shape index (κ3) is 3.15. The van der Waals surface area contributed by atoms with E-state index in [4.69, 9.17) is 15.9 Å². The van der Waals surface area contributed by atoms with E-state index >= 15 is 0 Å². The van der Waals surface area contributed by atoms with Crippen LogP contribution in [0.2, 0.25) is 0 Å². The van der Waals surface area contributed by atoms with E-state index in [0.717, 1.165) is 16.9 Å². The van der Waals surface area contributed by atoms with Crippen LogP contribution >= 0.6 is 0 Å². The van der Waals surface area contributed by atoms with Gasteiger partial charge in [-0.3, -0.25) is 5.41 Å². The van der Waals surface area contributed by atoms with Crippen molar-refractivity contribution in [3.8, 4) is 5.75 Å². The lowest BCUT2D eigenvalue weighted by Gasteiger charge is -2.11. The minimum Gasteiger partial charge on any atom is -0.489 e. The number of rotatable bonds is 4. The van der Waals surface area contributed by atoms with Crippen molar-refractivity contribution in [2.75, 3.05) is 0 Å². The number of halogens is 1. The van der Waals surface area contributed by atoms with Crippen LogP contribution in [0, 0.1) is 25.1 Å². The standard InChI is InChI=1S/C16H17FN2O/c1-10-3-6-15(11(2)7-10)20-9-13-5-4-12(16(18)19)8-14(13)17/h3-8H,9H2,1-2H3,(H3,18,19). The quantitative estimate of drug-likeness (QED) is 0.662. The number of amidine groups is 1. The maximum absolute atomic E-state index is 13.8. The van der Waals surface area contributed by atoms with Crippen LogP contribution in [0.3, 0.4) is 0 Å². The van der Waals surface area contributed by atoms with E-state index in [0.29, 0.717) is 11.1 Å². The summed E-state index contributed by atoms with van der Waals surface area (Å²) in [6.07, 6.45) is 0. The van der Waals surface area contributed by atoms with Gasteiger partial charge in [0.05, 0.1) is 0 Å². The Labute approximate surface area is 117 Å². The summed E-state index contributed by atoms with van der Waals surface area (Å²) in [5, 5.41) is 7.27. The second-order valence-electron chi connectivity index (χ2n) is 4.78. The van der Waals surface area contributed by atoms with Crippen molar-refractivity contribution in [1.29, 1.82) is 5.41 Å². The van der Waals surface area contributed by atoms with Gasteiger partial charge in [0.1, 0.15) is 24.0 Å². The van der Waals surface area contributed by atoms with Crippen molar-refractivity contribution in [2.24, 2.45) is 5.73 Å². The van der Waals surface area contributed by atoms with Gasteiger partial charge in [-0.25, -0.2) is 4.39 Å². The Bertz CT molecular complexity index is 653. The van der Waals surface area contributed by atoms with Crippen LogP contribution in [0.4, 0.5) is 4.39 Å². The highest BCUT2D eigenvalue weighted by Gasteiger charge is 2.07. The molecule has 0 aromatic heterocycles. The number of nitrogens with one attached hydrogen (secondary N) is 1. The van der Waals surface area contributed by atoms with Gasteiger partial charge in [-0.15, -0.1) is 0 Å². The van der Waals surface area contributed by atoms with Crippen molar-refractivity contribution in [3.05, 3.63) is 64.5 Å². The number of hydrogen-bond donors (Lipinski definition) is 2. The highest BCUT2D eigenvalue weighted by Crippen LogP contribution is 2.21. The minimum absolute atomic E-state index is 0.147. The first-order chi connectivity index (χ1) is 9.47. The fourth-order valence-corrected chi connectivity index (χ4v) is 1.95. The summed E-state index contributed by atoms with van der Waals surface area (Å²) in [5.74, 6) is 0.179. The van der Waals surface area contributed by atoms with Crippen LogP contribution in [0.25, 0.3) is 0 Å². The van der Waals surface area contributed by atoms with Crippen molar-refractivity contribution < 1.29 is 9.13 Å². The molecule has 0 aliphatic carbocycles. The van der Waals surface area contributed by atoms with Gasteiger partial charge in [0.25, 0.3) is 0 Å². The lowest BCUT2D eigenvalue weighted by atomic mass is 10.1. The minimum atomic E-state index is -0.414. The zero-order valence-electron chi connectivity index (χ0n) is 11.5. The van der Waals surface area contributed by atoms with Crippen LogP contribution in [0.1, 0.15) is 22.3 Å². The van der Waals surface area contributed by atoms with E-state index in [1.807, 2.05) is 32.0 Å². The summed E-state index contributed by atoms with van der Waals surface area (Å²) in [6.45, 7) is 4.11. The third-order valence-electron chi connectivity index (χ3n) is 3.08. The molecule has 104 valence electrons. The molecule has 0 saturated heterocycles. The molecule has 0 bridgehead atoms. The first-order valence-corrected chi connectivity index (χ1v) is 6.30. The smallest absolute Gasteiger partial charge is 0.130 e. The maximum atomic E-state index is 13.8. The molecule has 20 heavy (non-hydrogen) atoms. The Hall–Kier alpha value is -2.36. The van der Waals surface area contributed by atoms with Gasteiger partial charge in [0, 0.05) is 11.1 Å². The highest BCUT2D eigenvalue weighted by atomic mass is 19.1. The van der Waals surface area contributed by atoms with Crippen LogP contribution < -0.4 is 10.5 Å². The normalized spacial score (nSPS) is 10.3. The fourth-order valence-electron chi connectivity index (χ4n) is 1.95. The lowest BCUT2D eigenvalue weighted by Crippen LogP contribution is -2.12. The van der Waals surface area contributed by atoms with Gasteiger partial charge < -0.3 is 10.5 Å². The van der Waals surface area contributed by atoms with E-state index in [-0.39, 0.29) is 12.4 Å². The first kappa shape index (κ1) is 14.1. The topological polar surface area (TPSA) is 59.1 Å². The zero-order chi connectivity index (χ0) is 14.7. The maximum Gasteiger partial charge on any atom is 0.130 e. The van der Waals surface area contributed by atoms with E-state index in [1.165, 1.54) is 6.07 Å². The van der Waals surface area contributed by atoms with Crippen molar-refractivity contribution in [2.45, 2.75) is 20.5 Å². The molecule has 2 aromatic carbocycles. The van der Waals surface area contributed by atoms with Gasteiger partial charge in [0.2, 0.25) is 0 Å².